The summed E-state index contributed by atoms with van der Waals surface area (Å²) in [5.74, 6) is 0.302. The van der Waals surface area contributed by atoms with Crippen molar-refractivity contribution in [3.8, 4) is 5.75 Å². The molecule has 0 aliphatic heterocycles. The standard InChI is InChI=1S/C18H14N4O3S/c1-25-13-7-4-8-14-16(13)21-18(26-14)20-15(23)9-22-10-19-12-6-3-2-5-11(12)17(22)24/h2-8,10H,9H2,1H3,(H,20,21,23). The van der Waals surface area contributed by atoms with Crippen LogP contribution in [0, 0.1) is 0 Å². The summed E-state index contributed by atoms with van der Waals surface area (Å²) < 4.78 is 7.47. The van der Waals surface area contributed by atoms with Crippen molar-refractivity contribution < 1.29 is 9.53 Å². The Kier molecular flexibility index (Phi) is 4.10. The van der Waals surface area contributed by atoms with Crippen molar-refractivity contribution in [2.24, 2.45) is 0 Å². The van der Waals surface area contributed by atoms with E-state index in [4.69, 9.17) is 4.74 Å². The average molecular weight is 366 g/mol. The first-order chi connectivity index (χ1) is 12.7. The highest BCUT2D eigenvalue weighted by molar-refractivity contribution is 7.22. The summed E-state index contributed by atoms with van der Waals surface area (Å²) in [4.78, 5) is 33.4. The van der Waals surface area contributed by atoms with Crippen LogP contribution in [-0.4, -0.2) is 27.6 Å². The molecule has 0 atom stereocenters. The van der Waals surface area contributed by atoms with Crippen LogP contribution in [0.25, 0.3) is 21.1 Å². The summed E-state index contributed by atoms with van der Waals surface area (Å²) in [7, 11) is 1.57. The predicted octanol–water partition coefficient (Wildman–Crippen LogP) is 2.65. The van der Waals surface area contributed by atoms with Crippen LogP contribution in [0.3, 0.4) is 0 Å². The van der Waals surface area contributed by atoms with Gasteiger partial charge < -0.3 is 10.1 Å². The van der Waals surface area contributed by atoms with Crippen molar-refractivity contribution in [1.82, 2.24) is 14.5 Å². The normalized spacial score (nSPS) is 11.0. The Labute approximate surface area is 151 Å². The maximum absolute atomic E-state index is 12.5. The van der Waals surface area contributed by atoms with Crippen LogP contribution in [0.15, 0.2) is 53.6 Å². The van der Waals surface area contributed by atoms with E-state index in [-0.39, 0.29) is 18.0 Å². The van der Waals surface area contributed by atoms with Crippen LogP contribution in [0.1, 0.15) is 0 Å². The van der Waals surface area contributed by atoms with E-state index < -0.39 is 0 Å². The number of fused-ring (bicyclic) bond motifs is 2. The van der Waals surface area contributed by atoms with Crippen LogP contribution in [0.2, 0.25) is 0 Å². The number of hydrogen-bond donors (Lipinski definition) is 1. The zero-order valence-electron chi connectivity index (χ0n) is 13.8. The minimum Gasteiger partial charge on any atom is -0.494 e. The number of carbonyl (C=O) groups is 1. The number of aromatic nitrogens is 3. The Morgan fingerprint density at radius 2 is 2.08 bits per heavy atom. The number of methoxy groups -OCH3 is 1. The number of nitrogens with zero attached hydrogens (tertiary/aromatic N) is 3. The van der Waals surface area contributed by atoms with Crippen molar-refractivity contribution >= 4 is 43.5 Å². The number of hydrogen-bond acceptors (Lipinski definition) is 6. The highest BCUT2D eigenvalue weighted by Crippen LogP contribution is 2.31. The van der Waals surface area contributed by atoms with E-state index in [2.05, 4.69) is 15.3 Å². The highest BCUT2D eigenvalue weighted by atomic mass is 32.1. The molecule has 0 fully saturated rings. The Morgan fingerprint density at radius 1 is 1.23 bits per heavy atom. The molecule has 4 rings (SSSR count). The van der Waals surface area contributed by atoms with E-state index >= 15 is 0 Å². The summed E-state index contributed by atoms with van der Waals surface area (Å²) >= 11 is 1.35. The average Bonchev–Trinajstić information content (AvgIpc) is 3.06. The molecule has 0 radical (unpaired) electrons. The smallest absolute Gasteiger partial charge is 0.261 e. The number of nitrogens with one attached hydrogen (secondary N) is 1. The minimum absolute atomic E-state index is 0.135. The fourth-order valence-electron chi connectivity index (χ4n) is 2.67. The van der Waals surface area contributed by atoms with Gasteiger partial charge in [-0.05, 0) is 24.3 Å². The largest absolute Gasteiger partial charge is 0.494 e. The fourth-order valence-corrected chi connectivity index (χ4v) is 3.57. The Bertz CT molecular complexity index is 1180. The lowest BCUT2D eigenvalue weighted by Gasteiger charge is -2.06. The molecule has 4 aromatic rings. The zero-order chi connectivity index (χ0) is 18.1. The Balaban J connectivity index is 1.58. The highest BCUT2D eigenvalue weighted by Gasteiger charge is 2.12. The van der Waals surface area contributed by atoms with Crippen molar-refractivity contribution in [1.29, 1.82) is 0 Å². The molecule has 0 saturated heterocycles. The van der Waals surface area contributed by atoms with Gasteiger partial charge in [-0.25, -0.2) is 9.97 Å². The molecule has 0 bridgehead atoms. The molecule has 130 valence electrons. The van der Waals surface area contributed by atoms with Gasteiger partial charge in [-0.1, -0.05) is 29.5 Å². The van der Waals surface area contributed by atoms with Gasteiger partial charge >= 0.3 is 0 Å². The molecule has 1 amide bonds. The van der Waals surface area contributed by atoms with Crippen LogP contribution in [-0.2, 0) is 11.3 Å². The molecule has 0 unspecified atom stereocenters. The Morgan fingerprint density at radius 3 is 2.92 bits per heavy atom. The SMILES string of the molecule is COc1cccc2sc(NC(=O)Cn3cnc4ccccc4c3=O)nc12. The van der Waals surface area contributed by atoms with Gasteiger partial charge in [-0.15, -0.1) is 0 Å². The lowest BCUT2D eigenvalue weighted by atomic mass is 10.2. The lowest BCUT2D eigenvalue weighted by Crippen LogP contribution is -2.27. The van der Waals surface area contributed by atoms with Gasteiger partial charge in [0.05, 0.1) is 29.0 Å². The zero-order valence-corrected chi connectivity index (χ0v) is 14.6. The number of para-hydroxylation sites is 2. The minimum atomic E-state index is -0.345. The lowest BCUT2D eigenvalue weighted by molar-refractivity contribution is -0.116. The van der Waals surface area contributed by atoms with Gasteiger partial charge in [0, 0.05) is 0 Å². The number of rotatable bonds is 4. The van der Waals surface area contributed by atoms with Crippen molar-refractivity contribution in [2.45, 2.75) is 6.54 Å². The number of ether oxygens (including phenoxy) is 1. The fraction of sp³-hybridized carbons (Fsp3) is 0.111. The molecule has 0 aliphatic rings. The molecule has 0 saturated carbocycles. The molecular weight excluding hydrogens is 352 g/mol. The second-order valence-electron chi connectivity index (χ2n) is 5.57. The van der Waals surface area contributed by atoms with Crippen molar-refractivity contribution in [3.05, 3.63) is 59.1 Å². The van der Waals surface area contributed by atoms with Crippen LogP contribution < -0.4 is 15.6 Å². The van der Waals surface area contributed by atoms with Crippen molar-refractivity contribution in [2.75, 3.05) is 12.4 Å². The molecular formula is C18H14N4O3S. The van der Waals surface area contributed by atoms with Gasteiger partial charge in [0.2, 0.25) is 5.91 Å². The monoisotopic (exact) mass is 366 g/mol. The van der Waals surface area contributed by atoms with Crippen molar-refractivity contribution in [3.63, 3.8) is 0 Å². The second kappa shape index (κ2) is 6.57. The van der Waals surface area contributed by atoms with Gasteiger partial charge in [-0.3, -0.25) is 14.2 Å². The van der Waals surface area contributed by atoms with E-state index in [9.17, 15) is 9.59 Å². The summed E-state index contributed by atoms with van der Waals surface area (Å²) in [5, 5.41) is 3.67. The number of carbonyl (C=O) groups excluding carboxylic acids is 1. The molecule has 2 aromatic carbocycles. The summed E-state index contributed by atoms with van der Waals surface area (Å²) in [6, 6.07) is 12.6. The van der Waals surface area contributed by atoms with E-state index in [0.717, 1.165) is 4.70 Å². The quantitative estimate of drug-likeness (QED) is 0.600. The maximum Gasteiger partial charge on any atom is 0.261 e. The van der Waals surface area contributed by atoms with E-state index in [1.807, 2.05) is 24.3 Å². The first-order valence-corrected chi connectivity index (χ1v) is 8.65. The topological polar surface area (TPSA) is 86.1 Å². The molecule has 0 aliphatic carbocycles. The van der Waals surface area contributed by atoms with Crippen LogP contribution >= 0.6 is 11.3 Å². The number of anilines is 1. The molecule has 0 spiro atoms. The van der Waals surface area contributed by atoms with Gasteiger partial charge in [0.1, 0.15) is 17.8 Å². The number of thiazole rings is 1. The Hall–Kier alpha value is -3.26. The third-order valence-corrected chi connectivity index (χ3v) is 4.83. The van der Waals surface area contributed by atoms with Crippen LogP contribution in [0.5, 0.6) is 5.75 Å². The van der Waals surface area contributed by atoms with E-state index in [0.29, 0.717) is 27.3 Å². The molecule has 2 aromatic heterocycles. The van der Waals surface area contributed by atoms with E-state index in [1.54, 1.807) is 25.3 Å². The van der Waals surface area contributed by atoms with Gasteiger partial charge in [0.15, 0.2) is 5.13 Å². The number of amides is 1. The summed E-state index contributed by atoms with van der Waals surface area (Å²) in [5.41, 5.74) is 1.05. The third kappa shape index (κ3) is 2.91. The number of benzene rings is 2. The van der Waals surface area contributed by atoms with Gasteiger partial charge in [-0.2, -0.15) is 0 Å². The molecule has 2 heterocycles. The van der Waals surface area contributed by atoms with E-state index in [1.165, 1.54) is 22.2 Å². The molecule has 8 heteroatoms. The predicted molar refractivity (Wildman–Crippen MR) is 101 cm³/mol. The first-order valence-electron chi connectivity index (χ1n) is 7.83. The summed E-state index contributed by atoms with van der Waals surface area (Å²) in [6.07, 6.45) is 1.38. The first kappa shape index (κ1) is 16.2. The van der Waals surface area contributed by atoms with Gasteiger partial charge in [0.25, 0.3) is 5.56 Å². The molecule has 26 heavy (non-hydrogen) atoms. The van der Waals surface area contributed by atoms with Crippen LogP contribution in [0.4, 0.5) is 5.13 Å². The second-order valence-corrected chi connectivity index (χ2v) is 6.60. The molecule has 1 N–H and O–H groups in total. The maximum atomic E-state index is 12.5. The third-order valence-electron chi connectivity index (χ3n) is 3.89. The summed E-state index contributed by atoms with van der Waals surface area (Å²) in [6.45, 7) is -0.135. The molecule has 7 nitrogen and oxygen atoms in total.